The van der Waals surface area contributed by atoms with Gasteiger partial charge in [-0.1, -0.05) is 26.7 Å². The van der Waals surface area contributed by atoms with Crippen LogP contribution in [-0.2, 0) is 11.3 Å². The second kappa shape index (κ2) is 6.34. The Kier molecular flexibility index (Phi) is 4.78. The van der Waals surface area contributed by atoms with Crippen LogP contribution in [0.4, 0.5) is 0 Å². The van der Waals surface area contributed by atoms with Crippen LogP contribution < -0.4 is 5.73 Å². The van der Waals surface area contributed by atoms with Gasteiger partial charge in [-0.2, -0.15) is 0 Å². The van der Waals surface area contributed by atoms with Crippen molar-refractivity contribution in [2.24, 2.45) is 11.7 Å². The molecule has 0 spiro atoms. The van der Waals surface area contributed by atoms with Gasteiger partial charge in [-0.3, -0.25) is 0 Å². The average Bonchev–Trinajstić information content (AvgIpc) is 2.98. The van der Waals surface area contributed by atoms with Crippen molar-refractivity contribution < 1.29 is 4.74 Å². The van der Waals surface area contributed by atoms with Gasteiger partial charge in [-0.05, 0) is 18.8 Å². The zero-order chi connectivity index (χ0) is 13.0. The largest absolute Gasteiger partial charge is 0.376 e. The Morgan fingerprint density at radius 3 is 2.83 bits per heavy atom. The third-order valence-corrected chi connectivity index (χ3v) is 3.79. The molecule has 1 unspecified atom stereocenters. The van der Waals surface area contributed by atoms with Gasteiger partial charge in [0.25, 0.3) is 0 Å². The lowest BCUT2D eigenvalue weighted by Gasteiger charge is -2.18. The van der Waals surface area contributed by atoms with Crippen molar-refractivity contribution in [2.45, 2.75) is 58.2 Å². The van der Waals surface area contributed by atoms with Gasteiger partial charge < -0.3 is 15.0 Å². The van der Waals surface area contributed by atoms with E-state index >= 15 is 0 Å². The van der Waals surface area contributed by atoms with Gasteiger partial charge in [0.2, 0.25) is 0 Å². The molecule has 18 heavy (non-hydrogen) atoms. The molecule has 0 bridgehead atoms. The maximum absolute atomic E-state index is 6.18. The molecule has 1 aromatic heterocycles. The summed E-state index contributed by atoms with van der Waals surface area (Å²) in [6.45, 7) is 5.89. The van der Waals surface area contributed by atoms with Crippen LogP contribution in [0.1, 0.15) is 51.3 Å². The summed E-state index contributed by atoms with van der Waals surface area (Å²) < 4.78 is 8.01. The summed E-state index contributed by atoms with van der Waals surface area (Å²) in [6, 6.07) is 0.0546. The molecule has 0 aliphatic heterocycles. The van der Waals surface area contributed by atoms with Gasteiger partial charge in [0.05, 0.1) is 24.7 Å². The fourth-order valence-electron chi connectivity index (χ4n) is 2.51. The van der Waals surface area contributed by atoms with Crippen LogP contribution in [0.15, 0.2) is 12.5 Å². The lowest BCUT2D eigenvalue weighted by Crippen LogP contribution is -2.22. The van der Waals surface area contributed by atoms with E-state index in [1.165, 1.54) is 25.7 Å². The number of imidazole rings is 1. The van der Waals surface area contributed by atoms with Crippen LogP contribution in [0.2, 0.25) is 0 Å². The minimum atomic E-state index is 0.0546. The van der Waals surface area contributed by atoms with Crippen molar-refractivity contribution in [3.63, 3.8) is 0 Å². The van der Waals surface area contributed by atoms with Gasteiger partial charge in [-0.15, -0.1) is 0 Å². The Balaban J connectivity index is 1.83. The Bertz CT molecular complexity index is 356. The van der Waals surface area contributed by atoms with Crippen LogP contribution >= 0.6 is 0 Å². The van der Waals surface area contributed by atoms with E-state index in [2.05, 4.69) is 23.4 Å². The number of hydrogen-bond acceptors (Lipinski definition) is 3. The predicted molar refractivity (Wildman–Crippen MR) is 72.2 cm³/mol. The second-order valence-corrected chi connectivity index (χ2v) is 5.56. The van der Waals surface area contributed by atoms with Gasteiger partial charge in [0.1, 0.15) is 0 Å². The quantitative estimate of drug-likeness (QED) is 0.845. The van der Waals surface area contributed by atoms with Crippen molar-refractivity contribution in [3.8, 4) is 0 Å². The van der Waals surface area contributed by atoms with E-state index in [0.29, 0.717) is 12.0 Å². The molecule has 1 atom stereocenters. The number of nitrogens with two attached hydrogens (primary N) is 1. The van der Waals surface area contributed by atoms with Crippen LogP contribution in [0.25, 0.3) is 0 Å². The lowest BCUT2D eigenvalue weighted by atomic mass is 10.0. The summed E-state index contributed by atoms with van der Waals surface area (Å²) >= 11 is 0. The molecule has 1 heterocycles. The highest BCUT2D eigenvalue weighted by atomic mass is 16.5. The zero-order valence-electron chi connectivity index (χ0n) is 11.5. The zero-order valence-corrected chi connectivity index (χ0v) is 11.5. The SMILES string of the molecule is CC(C)C(N)c1cncn1CCOC1CCCC1. The first kappa shape index (κ1) is 13.6. The Hall–Kier alpha value is -0.870. The third-order valence-electron chi connectivity index (χ3n) is 3.79. The highest BCUT2D eigenvalue weighted by Crippen LogP contribution is 2.21. The fourth-order valence-corrected chi connectivity index (χ4v) is 2.51. The highest BCUT2D eigenvalue weighted by Gasteiger charge is 2.17. The van der Waals surface area contributed by atoms with E-state index in [4.69, 9.17) is 10.5 Å². The molecule has 4 heteroatoms. The highest BCUT2D eigenvalue weighted by molar-refractivity contribution is 5.05. The first-order chi connectivity index (χ1) is 8.68. The number of aromatic nitrogens is 2. The van der Waals surface area contributed by atoms with E-state index in [1.54, 1.807) is 0 Å². The molecule has 0 amide bonds. The molecular formula is C14H25N3O. The van der Waals surface area contributed by atoms with Crippen molar-refractivity contribution >= 4 is 0 Å². The molecule has 2 N–H and O–H groups in total. The topological polar surface area (TPSA) is 53.1 Å². The van der Waals surface area contributed by atoms with Gasteiger partial charge >= 0.3 is 0 Å². The summed E-state index contributed by atoms with van der Waals surface area (Å²) in [5, 5.41) is 0. The maximum atomic E-state index is 6.18. The second-order valence-electron chi connectivity index (χ2n) is 5.56. The fraction of sp³-hybridized carbons (Fsp3) is 0.786. The van der Waals surface area contributed by atoms with E-state index in [9.17, 15) is 0 Å². The number of nitrogens with zero attached hydrogens (tertiary/aromatic N) is 2. The summed E-state index contributed by atoms with van der Waals surface area (Å²) in [6.07, 6.45) is 9.30. The van der Waals surface area contributed by atoms with Crippen molar-refractivity contribution in [1.29, 1.82) is 0 Å². The molecule has 2 rings (SSSR count). The summed E-state index contributed by atoms with van der Waals surface area (Å²) in [5.41, 5.74) is 7.29. The molecule has 0 radical (unpaired) electrons. The average molecular weight is 251 g/mol. The molecule has 0 aromatic carbocycles. The van der Waals surface area contributed by atoms with Crippen LogP contribution in [-0.4, -0.2) is 22.3 Å². The normalized spacial score (nSPS) is 18.7. The first-order valence-electron chi connectivity index (χ1n) is 7.05. The number of hydrogen-bond donors (Lipinski definition) is 1. The number of rotatable bonds is 6. The Morgan fingerprint density at radius 2 is 2.17 bits per heavy atom. The summed E-state index contributed by atoms with van der Waals surface area (Å²) in [7, 11) is 0. The smallest absolute Gasteiger partial charge is 0.0949 e. The van der Waals surface area contributed by atoms with E-state index in [1.807, 2.05) is 12.5 Å². The van der Waals surface area contributed by atoms with Crippen molar-refractivity contribution in [3.05, 3.63) is 18.2 Å². The van der Waals surface area contributed by atoms with E-state index in [0.717, 1.165) is 18.8 Å². The molecule has 1 saturated carbocycles. The van der Waals surface area contributed by atoms with Gasteiger partial charge in [0, 0.05) is 18.8 Å². The maximum Gasteiger partial charge on any atom is 0.0949 e. The number of ether oxygens (including phenoxy) is 1. The van der Waals surface area contributed by atoms with Crippen LogP contribution in [0, 0.1) is 5.92 Å². The summed E-state index contributed by atoms with van der Waals surface area (Å²) in [4.78, 5) is 4.20. The molecule has 1 aromatic rings. The molecular weight excluding hydrogens is 226 g/mol. The van der Waals surface area contributed by atoms with Crippen LogP contribution in [0.3, 0.4) is 0 Å². The first-order valence-corrected chi connectivity index (χ1v) is 7.05. The minimum absolute atomic E-state index is 0.0546. The minimum Gasteiger partial charge on any atom is -0.376 e. The van der Waals surface area contributed by atoms with Crippen molar-refractivity contribution in [1.82, 2.24) is 9.55 Å². The van der Waals surface area contributed by atoms with Gasteiger partial charge in [0.15, 0.2) is 0 Å². The molecule has 1 aliphatic carbocycles. The van der Waals surface area contributed by atoms with Crippen LogP contribution in [0.5, 0.6) is 0 Å². The predicted octanol–water partition coefficient (Wildman–Crippen LogP) is 2.50. The van der Waals surface area contributed by atoms with Gasteiger partial charge in [-0.25, -0.2) is 4.98 Å². The van der Waals surface area contributed by atoms with E-state index < -0.39 is 0 Å². The van der Waals surface area contributed by atoms with Crippen molar-refractivity contribution in [2.75, 3.05) is 6.61 Å². The summed E-state index contributed by atoms with van der Waals surface area (Å²) in [5.74, 6) is 0.427. The third kappa shape index (κ3) is 3.33. The molecule has 1 aliphatic rings. The molecule has 102 valence electrons. The monoisotopic (exact) mass is 251 g/mol. The molecule has 1 fully saturated rings. The standard InChI is InChI=1S/C14H25N3O/c1-11(2)14(15)13-9-16-10-17(13)7-8-18-12-5-3-4-6-12/h9-12,14H,3-8,15H2,1-2H3. The lowest BCUT2D eigenvalue weighted by molar-refractivity contribution is 0.0524. The Labute approximate surface area is 110 Å². The van der Waals surface area contributed by atoms with E-state index in [-0.39, 0.29) is 6.04 Å². The Morgan fingerprint density at radius 1 is 1.44 bits per heavy atom. The molecule has 0 saturated heterocycles. The molecule has 4 nitrogen and oxygen atoms in total.